The largest absolute Gasteiger partial charge is 0.362 e. The van der Waals surface area contributed by atoms with Crippen molar-refractivity contribution in [3.8, 4) is 0 Å². The van der Waals surface area contributed by atoms with Crippen molar-refractivity contribution < 1.29 is 9.53 Å². The van der Waals surface area contributed by atoms with E-state index in [1.165, 1.54) is 6.42 Å². The third-order valence-electron chi connectivity index (χ3n) is 5.42. The molecule has 2 saturated heterocycles. The van der Waals surface area contributed by atoms with Gasteiger partial charge in [0.15, 0.2) is 0 Å². The number of hydrogen-bond donors (Lipinski definition) is 1. The molecule has 0 aliphatic carbocycles. The molecule has 2 amide bonds. The summed E-state index contributed by atoms with van der Waals surface area (Å²) in [6.07, 6.45) is 3.26. The lowest BCUT2D eigenvalue weighted by Gasteiger charge is -2.41. The SMILES string of the molecule is O=C(NN1CCCCC1)N1CC(OC(c2ccc(Cl)cc2)c2ccc(Cl)cc2)C1. The van der Waals surface area contributed by atoms with Crippen molar-refractivity contribution in [1.82, 2.24) is 15.3 Å². The van der Waals surface area contributed by atoms with E-state index < -0.39 is 0 Å². The van der Waals surface area contributed by atoms with E-state index in [2.05, 4.69) is 5.43 Å². The molecule has 0 unspecified atom stereocenters. The fourth-order valence-corrected chi connectivity index (χ4v) is 3.97. The molecule has 154 valence electrons. The summed E-state index contributed by atoms with van der Waals surface area (Å²) in [4.78, 5) is 14.2. The maximum atomic E-state index is 12.4. The van der Waals surface area contributed by atoms with Gasteiger partial charge in [0.05, 0.1) is 19.2 Å². The number of hydrazine groups is 1. The standard InChI is InChI=1S/C22H25Cl2N3O2/c23-18-8-4-16(5-9-18)21(17-6-10-19(24)11-7-17)29-20-14-26(15-20)22(28)25-27-12-2-1-3-13-27/h4-11,20-21H,1-3,12-15H2,(H,25,28). The fourth-order valence-electron chi connectivity index (χ4n) is 3.72. The van der Waals surface area contributed by atoms with Crippen LogP contribution in [0.4, 0.5) is 4.79 Å². The Kier molecular flexibility index (Phi) is 6.60. The summed E-state index contributed by atoms with van der Waals surface area (Å²) < 4.78 is 6.39. The normalized spacial score (nSPS) is 18.0. The molecule has 29 heavy (non-hydrogen) atoms. The third kappa shape index (κ3) is 5.23. The van der Waals surface area contributed by atoms with Crippen molar-refractivity contribution in [2.24, 2.45) is 0 Å². The second-order valence-corrected chi connectivity index (χ2v) is 8.48. The second kappa shape index (κ2) is 9.35. The Morgan fingerprint density at radius 3 is 1.93 bits per heavy atom. The molecule has 1 N–H and O–H groups in total. The van der Waals surface area contributed by atoms with Crippen LogP contribution in [-0.2, 0) is 4.74 Å². The van der Waals surface area contributed by atoms with Gasteiger partial charge in [0.1, 0.15) is 6.10 Å². The van der Waals surface area contributed by atoms with Gasteiger partial charge < -0.3 is 9.64 Å². The van der Waals surface area contributed by atoms with Crippen LogP contribution in [0.3, 0.4) is 0 Å². The first-order valence-corrected chi connectivity index (χ1v) is 10.8. The molecular weight excluding hydrogens is 409 g/mol. The van der Waals surface area contributed by atoms with Gasteiger partial charge in [-0.2, -0.15) is 0 Å². The zero-order chi connectivity index (χ0) is 20.2. The number of carbonyl (C=O) groups is 1. The zero-order valence-corrected chi connectivity index (χ0v) is 17.7. The van der Waals surface area contributed by atoms with E-state index in [1.54, 1.807) is 4.90 Å². The zero-order valence-electron chi connectivity index (χ0n) is 16.2. The number of carbonyl (C=O) groups excluding carboxylic acids is 1. The Balaban J connectivity index is 1.38. The van der Waals surface area contributed by atoms with Crippen LogP contribution in [0, 0.1) is 0 Å². The van der Waals surface area contributed by atoms with Gasteiger partial charge in [-0.1, -0.05) is 53.9 Å². The fraction of sp³-hybridized carbons (Fsp3) is 0.409. The van der Waals surface area contributed by atoms with E-state index in [0.29, 0.717) is 23.1 Å². The molecule has 0 bridgehead atoms. The van der Waals surface area contributed by atoms with E-state index in [1.807, 2.05) is 53.5 Å². The number of nitrogens with zero attached hydrogens (tertiary/aromatic N) is 2. The molecule has 2 aliphatic heterocycles. The van der Waals surface area contributed by atoms with Crippen LogP contribution in [0.15, 0.2) is 48.5 Å². The number of nitrogens with one attached hydrogen (secondary N) is 1. The van der Waals surface area contributed by atoms with Crippen molar-refractivity contribution in [1.29, 1.82) is 0 Å². The van der Waals surface area contributed by atoms with Crippen molar-refractivity contribution in [3.05, 3.63) is 69.7 Å². The smallest absolute Gasteiger partial charge is 0.332 e. The summed E-state index contributed by atoms with van der Waals surface area (Å²) in [6.45, 7) is 3.01. The monoisotopic (exact) mass is 433 g/mol. The lowest BCUT2D eigenvalue weighted by atomic mass is 10.0. The minimum absolute atomic E-state index is 0.0153. The maximum Gasteiger partial charge on any atom is 0.332 e. The number of benzene rings is 2. The number of rotatable bonds is 5. The lowest BCUT2D eigenvalue weighted by molar-refractivity contribution is -0.0669. The van der Waals surface area contributed by atoms with Gasteiger partial charge in [0.2, 0.25) is 0 Å². The van der Waals surface area contributed by atoms with Crippen LogP contribution in [0.1, 0.15) is 36.5 Å². The van der Waals surface area contributed by atoms with Gasteiger partial charge in [-0.3, -0.25) is 5.43 Å². The van der Waals surface area contributed by atoms with Crippen LogP contribution < -0.4 is 5.43 Å². The molecule has 2 heterocycles. The highest BCUT2D eigenvalue weighted by Crippen LogP contribution is 2.31. The summed E-state index contributed by atoms with van der Waals surface area (Å²) in [6, 6.07) is 15.3. The lowest BCUT2D eigenvalue weighted by Crippen LogP contribution is -2.60. The number of amides is 2. The molecule has 7 heteroatoms. The Bertz CT molecular complexity index is 771. The summed E-state index contributed by atoms with van der Waals surface area (Å²) in [5, 5.41) is 3.39. The molecular formula is C22H25Cl2N3O2. The average molecular weight is 434 g/mol. The highest BCUT2D eigenvalue weighted by atomic mass is 35.5. The van der Waals surface area contributed by atoms with Crippen molar-refractivity contribution in [2.75, 3.05) is 26.2 Å². The van der Waals surface area contributed by atoms with Crippen LogP contribution in [0.5, 0.6) is 0 Å². The molecule has 4 rings (SSSR count). The molecule has 0 saturated carbocycles. The van der Waals surface area contributed by atoms with Gasteiger partial charge >= 0.3 is 6.03 Å². The van der Waals surface area contributed by atoms with E-state index in [4.69, 9.17) is 27.9 Å². The quantitative estimate of drug-likeness (QED) is 0.729. The van der Waals surface area contributed by atoms with E-state index in [-0.39, 0.29) is 18.2 Å². The molecule has 2 aromatic rings. The number of halogens is 2. The number of hydrogen-bond acceptors (Lipinski definition) is 3. The Hall–Kier alpha value is -1.79. The highest BCUT2D eigenvalue weighted by Gasteiger charge is 2.34. The van der Waals surface area contributed by atoms with Gasteiger partial charge in [-0.05, 0) is 48.2 Å². The summed E-state index contributed by atoms with van der Waals surface area (Å²) >= 11 is 12.1. The van der Waals surface area contributed by atoms with Crippen LogP contribution in [-0.4, -0.2) is 48.2 Å². The number of piperidine rings is 1. The first kappa shape index (κ1) is 20.5. The molecule has 0 radical (unpaired) electrons. The summed E-state index contributed by atoms with van der Waals surface area (Å²) in [5.74, 6) is 0. The molecule has 0 aromatic heterocycles. The minimum Gasteiger partial charge on any atom is -0.362 e. The molecule has 2 aromatic carbocycles. The first-order chi connectivity index (χ1) is 14.1. The molecule has 0 spiro atoms. The number of likely N-dealkylation sites (tertiary alicyclic amines) is 1. The summed E-state index contributed by atoms with van der Waals surface area (Å²) in [5.41, 5.74) is 5.05. The van der Waals surface area contributed by atoms with Gasteiger partial charge in [0, 0.05) is 23.1 Å². The molecule has 2 aliphatic rings. The van der Waals surface area contributed by atoms with Crippen LogP contribution in [0.2, 0.25) is 10.0 Å². The predicted molar refractivity (Wildman–Crippen MR) is 115 cm³/mol. The van der Waals surface area contributed by atoms with Crippen molar-refractivity contribution in [2.45, 2.75) is 31.5 Å². The minimum atomic E-state index is -0.234. The third-order valence-corrected chi connectivity index (χ3v) is 5.92. The first-order valence-electron chi connectivity index (χ1n) is 10.1. The Labute approximate surface area is 181 Å². The number of ether oxygens (including phenoxy) is 1. The molecule has 2 fully saturated rings. The topological polar surface area (TPSA) is 44.8 Å². The van der Waals surface area contributed by atoms with Crippen molar-refractivity contribution >= 4 is 29.2 Å². The van der Waals surface area contributed by atoms with Gasteiger partial charge in [-0.25, -0.2) is 9.80 Å². The van der Waals surface area contributed by atoms with Crippen molar-refractivity contribution in [3.63, 3.8) is 0 Å². The van der Waals surface area contributed by atoms with Crippen LogP contribution >= 0.6 is 23.2 Å². The van der Waals surface area contributed by atoms with E-state index in [9.17, 15) is 4.79 Å². The Morgan fingerprint density at radius 1 is 0.897 bits per heavy atom. The maximum absolute atomic E-state index is 12.4. The second-order valence-electron chi connectivity index (χ2n) is 7.61. The average Bonchev–Trinajstić information content (AvgIpc) is 2.70. The van der Waals surface area contributed by atoms with E-state index in [0.717, 1.165) is 37.1 Å². The summed E-state index contributed by atoms with van der Waals surface area (Å²) in [7, 11) is 0. The molecule has 5 nitrogen and oxygen atoms in total. The highest BCUT2D eigenvalue weighted by molar-refractivity contribution is 6.30. The van der Waals surface area contributed by atoms with Crippen LogP contribution in [0.25, 0.3) is 0 Å². The Morgan fingerprint density at radius 2 is 1.41 bits per heavy atom. The van der Waals surface area contributed by atoms with E-state index >= 15 is 0 Å². The number of urea groups is 1. The van der Waals surface area contributed by atoms with Gasteiger partial charge in [0.25, 0.3) is 0 Å². The van der Waals surface area contributed by atoms with Gasteiger partial charge in [-0.15, -0.1) is 0 Å². The predicted octanol–water partition coefficient (Wildman–Crippen LogP) is 4.89. The molecule has 0 atom stereocenters.